The van der Waals surface area contributed by atoms with Gasteiger partial charge in [-0.25, -0.2) is 0 Å². The van der Waals surface area contributed by atoms with Crippen LogP contribution in [-0.4, -0.2) is 36.5 Å². The number of amides is 1. The van der Waals surface area contributed by atoms with Gasteiger partial charge in [-0.05, 0) is 74.6 Å². The van der Waals surface area contributed by atoms with Gasteiger partial charge in [-0.15, -0.1) is 0 Å². The number of rotatable bonds is 13. The van der Waals surface area contributed by atoms with Gasteiger partial charge in [0.15, 0.2) is 0 Å². The zero-order valence-corrected chi connectivity index (χ0v) is 20.0. The Morgan fingerprint density at radius 2 is 1.77 bits per heavy atom. The van der Waals surface area contributed by atoms with Crippen LogP contribution in [0.15, 0.2) is 53.0 Å². The van der Waals surface area contributed by atoms with E-state index in [1.165, 1.54) is 0 Å². The monoisotopic (exact) mass is 489 g/mol. The molecule has 2 aromatic rings. The highest BCUT2D eigenvalue weighted by atomic mass is 79.9. The highest BCUT2D eigenvalue weighted by molar-refractivity contribution is 9.10. The van der Waals surface area contributed by atoms with Gasteiger partial charge in [0.25, 0.3) is 5.91 Å². The van der Waals surface area contributed by atoms with Crippen LogP contribution in [-0.2, 0) is 16.1 Å². The lowest BCUT2D eigenvalue weighted by atomic mass is 10.1. The van der Waals surface area contributed by atoms with E-state index in [9.17, 15) is 9.59 Å². The number of unbranched alkanes of at least 4 members (excludes halogenated alkanes) is 2. The number of ether oxygens (including phenoxy) is 2. The third kappa shape index (κ3) is 9.13. The molecule has 168 valence electrons. The predicted octanol–water partition coefficient (Wildman–Crippen LogP) is 6.00. The van der Waals surface area contributed by atoms with Crippen molar-refractivity contribution in [3.8, 4) is 5.75 Å². The lowest BCUT2D eigenvalue weighted by molar-refractivity contribution is -0.143. The van der Waals surface area contributed by atoms with E-state index in [-0.39, 0.29) is 11.9 Å². The van der Waals surface area contributed by atoms with E-state index in [0.717, 1.165) is 41.5 Å². The fourth-order valence-electron chi connectivity index (χ4n) is 3.22. The number of nitrogens with zero attached hydrogens (tertiary/aromatic N) is 1. The number of benzene rings is 2. The van der Waals surface area contributed by atoms with Crippen LogP contribution >= 0.6 is 15.9 Å². The Morgan fingerprint density at radius 1 is 1.00 bits per heavy atom. The zero-order valence-electron chi connectivity index (χ0n) is 18.4. The molecule has 0 bridgehead atoms. The van der Waals surface area contributed by atoms with E-state index in [1.54, 1.807) is 0 Å². The summed E-state index contributed by atoms with van der Waals surface area (Å²) in [4.78, 5) is 26.2. The van der Waals surface area contributed by atoms with Crippen LogP contribution < -0.4 is 4.74 Å². The smallest absolute Gasteiger partial charge is 0.305 e. The number of halogens is 1. The quantitative estimate of drug-likeness (QED) is 0.255. The van der Waals surface area contributed by atoms with Crippen molar-refractivity contribution in [2.45, 2.75) is 52.5 Å². The molecule has 0 spiro atoms. The second-order valence-electron chi connectivity index (χ2n) is 7.35. The Balaban J connectivity index is 1.85. The van der Waals surface area contributed by atoms with E-state index in [0.29, 0.717) is 38.3 Å². The van der Waals surface area contributed by atoms with Crippen LogP contribution in [0.3, 0.4) is 0 Å². The Morgan fingerprint density at radius 3 is 2.48 bits per heavy atom. The van der Waals surface area contributed by atoms with Crippen molar-refractivity contribution in [1.29, 1.82) is 0 Å². The SMILES string of the molecule is CCCN(Cc1cccc(OCCCCCC(=O)OCC)c1)C(=O)c1ccc(Br)cc1. The van der Waals surface area contributed by atoms with Gasteiger partial charge < -0.3 is 14.4 Å². The molecule has 0 saturated heterocycles. The van der Waals surface area contributed by atoms with Gasteiger partial charge in [-0.2, -0.15) is 0 Å². The molecule has 0 saturated carbocycles. The molecule has 1 amide bonds. The van der Waals surface area contributed by atoms with Crippen molar-refractivity contribution >= 4 is 27.8 Å². The molecule has 0 atom stereocenters. The van der Waals surface area contributed by atoms with E-state index >= 15 is 0 Å². The van der Waals surface area contributed by atoms with Crippen molar-refractivity contribution in [3.63, 3.8) is 0 Å². The van der Waals surface area contributed by atoms with E-state index in [1.807, 2.05) is 60.4 Å². The van der Waals surface area contributed by atoms with Gasteiger partial charge in [-0.3, -0.25) is 9.59 Å². The number of hydrogen-bond donors (Lipinski definition) is 0. The molecule has 2 aromatic carbocycles. The molecule has 0 aliphatic carbocycles. The molecule has 2 rings (SSSR count). The Hall–Kier alpha value is -2.34. The lowest BCUT2D eigenvalue weighted by Gasteiger charge is -2.23. The number of carbonyl (C=O) groups is 2. The molecule has 0 unspecified atom stereocenters. The van der Waals surface area contributed by atoms with Crippen LogP contribution in [0.25, 0.3) is 0 Å². The molecule has 0 N–H and O–H groups in total. The van der Waals surface area contributed by atoms with Crippen LogP contribution in [0.1, 0.15) is 61.9 Å². The molecule has 0 aromatic heterocycles. The number of carbonyl (C=O) groups excluding carboxylic acids is 2. The third-order valence-electron chi connectivity index (χ3n) is 4.74. The second-order valence-corrected chi connectivity index (χ2v) is 8.26. The van der Waals surface area contributed by atoms with E-state index in [2.05, 4.69) is 22.9 Å². The first-order valence-corrected chi connectivity index (χ1v) is 11.7. The first kappa shape index (κ1) is 24.9. The predicted molar refractivity (Wildman–Crippen MR) is 126 cm³/mol. The minimum Gasteiger partial charge on any atom is -0.494 e. The summed E-state index contributed by atoms with van der Waals surface area (Å²) in [6.07, 6.45) is 3.97. The molecule has 0 radical (unpaired) electrons. The van der Waals surface area contributed by atoms with Gasteiger partial charge in [0.05, 0.1) is 13.2 Å². The van der Waals surface area contributed by atoms with E-state index < -0.39 is 0 Å². The summed E-state index contributed by atoms with van der Waals surface area (Å²) in [5.74, 6) is 0.697. The first-order valence-electron chi connectivity index (χ1n) is 11.0. The molecule has 0 fully saturated rings. The standard InChI is InChI=1S/C25H32BrNO4/c1-3-16-27(25(29)21-12-14-22(26)15-13-21)19-20-9-8-10-23(18-20)31-17-7-5-6-11-24(28)30-4-2/h8-10,12-15,18H,3-7,11,16-17,19H2,1-2H3. The highest BCUT2D eigenvalue weighted by Crippen LogP contribution is 2.18. The van der Waals surface area contributed by atoms with Gasteiger partial charge in [0, 0.05) is 29.5 Å². The fraction of sp³-hybridized carbons (Fsp3) is 0.440. The fourth-order valence-corrected chi connectivity index (χ4v) is 3.49. The van der Waals surface area contributed by atoms with Crippen molar-refractivity contribution in [3.05, 3.63) is 64.1 Å². The Kier molecular flexibility index (Phi) is 11.1. The summed E-state index contributed by atoms with van der Waals surface area (Å²) in [6.45, 7) is 6.16. The maximum absolute atomic E-state index is 12.9. The summed E-state index contributed by atoms with van der Waals surface area (Å²) in [5.41, 5.74) is 1.73. The van der Waals surface area contributed by atoms with Crippen molar-refractivity contribution in [2.24, 2.45) is 0 Å². The van der Waals surface area contributed by atoms with Crippen LogP contribution in [0.2, 0.25) is 0 Å². The molecular formula is C25H32BrNO4. The number of esters is 1. The van der Waals surface area contributed by atoms with Crippen LogP contribution in [0, 0.1) is 0 Å². The van der Waals surface area contributed by atoms with Gasteiger partial charge in [0.1, 0.15) is 5.75 Å². The zero-order chi connectivity index (χ0) is 22.5. The molecule has 0 heterocycles. The Labute approximate surface area is 193 Å². The molecular weight excluding hydrogens is 458 g/mol. The first-order chi connectivity index (χ1) is 15.0. The second kappa shape index (κ2) is 13.9. The van der Waals surface area contributed by atoms with Crippen LogP contribution in [0.5, 0.6) is 5.75 Å². The van der Waals surface area contributed by atoms with Crippen molar-refractivity contribution in [2.75, 3.05) is 19.8 Å². The largest absolute Gasteiger partial charge is 0.494 e. The summed E-state index contributed by atoms with van der Waals surface area (Å²) < 4.78 is 11.8. The van der Waals surface area contributed by atoms with Gasteiger partial charge >= 0.3 is 5.97 Å². The number of hydrogen-bond acceptors (Lipinski definition) is 4. The molecule has 6 heteroatoms. The van der Waals surface area contributed by atoms with E-state index in [4.69, 9.17) is 9.47 Å². The molecule has 0 aliphatic heterocycles. The summed E-state index contributed by atoms with van der Waals surface area (Å²) in [5, 5.41) is 0. The topological polar surface area (TPSA) is 55.8 Å². The minimum atomic E-state index is -0.134. The highest BCUT2D eigenvalue weighted by Gasteiger charge is 2.15. The lowest BCUT2D eigenvalue weighted by Crippen LogP contribution is -2.31. The van der Waals surface area contributed by atoms with Crippen molar-refractivity contribution < 1.29 is 19.1 Å². The summed E-state index contributed by atoms with van der Waals surface area (Å²) >= 11 is 3.41. The molecule has 5 nitrogen and oxygen atoms in total. The van der Waals surface area contributed by atoms with Crippen LogP contribution in [0.4, 0.5) is 0 Å². The van der Waals surface area contributed by atoms with Gasteiger partial charge in [-0.1, -0.05) is 35.0 Å². The summed E-state index contributed by atoms with van der Waals surface area (Å²) in [6, 6.07) is 15.4. The molecule has 31 heavy (non-hydrogen) atoms. The Bertz CT molecular complexity index is 823. The summed E-state index contributed by atoms with van der Waals surface area (Å²) in [7, 11) is 0. The van der Waals surface area contributed by atoms with Gasteiger partial charge in [0.2, 0.25) is 0 Å². The average Bonchev–Trinajstić information content (AvgIpc) is 2.76. The normalized spacial score (nSPS) is 10.5. The maximum Gasteiger partial charge on any atom is 0.305 e. The third-order valence-corrected chi connectivity index (χ3v) is 5.27. The minimum absolute atomic E-state index is 0.0299. The average molecular weight is 490 g/mol. The maximum atomic E-state index is 12.9. The van der Waals surface area contributed by atoms with Crippen molar-refractivity contribution in [1.82, 2.24) is 4.90 Å². The molecule has 0 aliphatic rings.